The number of oxazole rings is 1. The predicted octanol–water partition coefficient (Wildman–Crippen LogP) is 3.75. The molecule has 1 heterocycles. The van der Waals surface area contributed by atoms with Crippen molar-refractivity contribution in [3.05, 3.63) is 60.0 Å². The fourth-order valence-corrected chi connectivity index (χ4v) is 1.89. The Bertz CT molecular complexity index is 659. The highest BCUT2D eigenvalue weighted by Gasteiger charge is 2.05. The second-order valence-corrected chi connectivity index (χ2v) is 4.30. The number of anilines is 1. The molecule has 0 aliphatic carbocycles. The molecule has 1 N–H and O–H groups in total. The van der Waals surface area contributed by atoms with Crippen LogP contribution in [0.25, 0.3) is 11.1 Å². The Morgan fingerprint density at radius 3 is 2.78 bits per heavy atom. The van der Waals surface area contributed by atoms with Crippen molar-refractivity contribution in [2.75, 3.05) is 5.32 Å². The van der Waals surface area contributed by atoms with E-state index in [1.807, 2.05) is 48.5 Å². The van der Waals surface area contributed by atoms with Gasteiger partial charge in [0.25, 0.3) is 0 Å². The standard InChI is InChI=1S/C15H14N2O/c1-11-7-8-14-13(9-11)17-15(18-14)10-16-12-5-3-2-4-6-12/h2-9,16H,10H2,1H3. The van der Waals surface area contributed by atoms with Gasteiger partial charge in [-0.25, -0.2) is 4.98 Å². The summed E-state index contributed by atoms with van der Waals surface area (Å²) >= 11 is 0. The lowest BCUT2D eigenvalue weighted by Crippen LogP contribution is -1.98. The smallest absolute Gasteiger partial charge is 0.214 e. The van der Waals surface area contributed by atoms with E-state index >= 15 is 0 Å². The highest BCUT2D eigenvalue weighted by Crippen LogP contribution is 2.17. The summed E-state index contributed by atoms with van der Waals surface area (Å²) < 4.78 is 5.67. The summed E-state index contributed by atoms with van der Waals surface area (Å²) in [6, 6.07) is 16.1. The molecule has 3 rings (SSSR count). The zero-order chi connectivity index (χ0) is 12.4. The van der Waals surface area contributed by atoms with Crippen LogP contribution in [0.2, 0.25) is 0 Å². The van der Waals surface area contributed by atoms with E-state index in [-0.39, 0.29) is 0 Å². The molecule has 3 aromatic rings. The molecule has 0 amide bonds. The SMILES string of the molecule is Cc1ccc2oc(CNc3ccccc3)nc2c1. The van der Waals surface area contributed by atoms with E-state index in [1.54, 1.807) is 0 Å². The van der Waals surface area contributed by atoms with E-state index in [2.05, 4.69) is 17.2 Å². The maximum absolute atomic E-state index is 5.67. The van der Waals surface area contributed by atoms with E-state index < -0.39 is 0 Å². The van der Waals surface area contributed by atoms with Gasteiger partial charge >= 0.3 is 0 Å². The van der Waals surface area contributed by atoms with Crippen LogP contribution in [0.15, 0.2) is 52.9 Å². The van der Waals surface area contributed by atoms with Crippen LogP contribution in [-0.2, 0) is 6.54 Å². The Hall–Kier alpha value is -2.29. The monoisotopic (exact) mass is 238 g/mol. The molecule has 0 saturated carbocycles. The third-order valence-electron chi connectivity index (χ3n) is 2.80. The lowest BCUT2D eigenvalue weighted by molar-refractivity contribution is 0.540. The lowest BCUT2D eigenvalue weighted by Gasteiger charge is -2.01. The number of hydrogen-bond donors (Lipinski definition) is 1. The van der Waals surface area contributed by atoms with Gasteiger partial charge in [-0.05, 0) is 36.8 Å². The fourth-order valence-electron chi connectivity index (χ4n) is 1.89. The quantitative estimate of drug-likeness (QED) is 0.755. The van der Waals surface area contributed by atoms with Gasteiger partial charge in [0.1, 0.15) is 5.52 Å². The van der Waals surface area contributed by atoms with Crippen molar-refractivity contribution in [3.63, 3.8) is 0 Å². The summed E-state index contributed by atoms with van der Waals surface area (Å²) in [7, 11) is 0. The molecule has 3 nitrogen and oxygen atoms in total. The molecule has 0 fully saturated rings. The summed E-state index contributed by atoms with van der Waals surface area (Å²) in [5.74, 6) is 0.708. The molecule has 0 aliphatic heterocycles. The van der Waals surface area contributed by atoms with Crippen molar-refractivity contribution < 1.29 is 4.42 Å². The number of benzene rings is 2. The van der Waals surface area contributed by atoms with Crippen LogP contribution < -0.4 is 5.32 Å². The second kappa shape index (κ2) is 4.53. The zero-order valence-electron chi connectivity index (χ0n) is 10.2. The van der Waals surface area contributed by atoms with E-state index in [0.29, 0.717) is 12.4 Å². The van der Waals surface area contributed by atoms with Crippen LogP contribution in [0.5, 0.6) is 0 Å². The molecule has 0 unspecified atom stereocenters. The predicted molar refractivity (Wildman–Crippen MR) is 72.5 cm³/mol. The van der Waals surface area contributed by atoms with Crippen LogP contribution in [0.4, 0.5) is 5.69 Å². The summed E-state index contributed by atoms with van der Waals surface area (Å²) in [6.07, 6.45) is 0. The average molecular weight is 238 g/mol. The summed E-state index contributed by atoms with van der Waals surface area (Å²) in [6.45, 7) is 2.65. The van der Waals surface area contributed by atoms with Gasteiger partial charge in [-0.15, -0.1) is 0 Å². The second-order valence-electron chi connectivity index (χ2n) is 4.30. The van der Waals surface area contributed by atoms with Crippen LogP contribution in [0.3, 0.4) is 0 Å². The minimum Gasteiger partial charge on any atom is -0.439 e. The maximum Gasteiger partial charge on any atom is 0.214 e. The number of aryl methyl sites for hydroxylation is 1. The van der Waals surface area contributed by atoms with Gasteiger partial charge in [-0.1, -0.05) is 24.3 Å². The Morgan fingerprint density at radius 1 is 1.11 bits per heavy atom. The molecule has 0 aliphatic rings. The minimum atomic E-state index is 0.595. The molecule has 0 spiro atoms. The first-order valence-corrected chi connectivity index (χ1v) is 5.96. The Kier molecular flexibility index (Phi) is 2.73. The van der Waals surface area contributed by atoms with Crippen molar-refractivity contribution in [3.8, 4) is 0 Å². The van der Waals surface area contributed by atoms with Gasteiger partial charge in [0.15, 0.2) is 5.58 Å². The third-order valence-corrected chi connectivity index (χ3v) is 2.80. The highest BCUT2D eigenvalue weighted by molar-refractivity contribution is 5.73. The lowest BCUT2D eigenvalue weighted by atomic mass is 10.2. The number of para-hydroxylation sites is 1. The molecule has 0 atom stereocenters. The fraction of sp³-hybridized carbons (Fsp3) is 0.133. The van der Waals surface area contributed by atoms with Gasteiger partial charge in [-0.3, -0.25) is 0 Å². The number of rotatable bonds is 3. The van der Waals surface area contributed by atoms with Gasteiger partial charge in [0.2, 0.25) is 5.89 Å². The molecule has 0 bridgehead atoms. The Labute approximate surface area is 105 Å². The Morgan fingerprint density at radius 2 is 1.94 bits per heavy atom. The van der Waals surface area contributed by atoms with Crippen LogP contribution in [-0.4, -0.2) is 4.98 Å². The Balaban J connectivity index is 1.79. The average Bonchev–Trinajstić information content (AvgIpc) is 2.79. The summed E-state index contributed by atoms with van der Waals surface area (Å²) in [5.41, 5.74) is 4.01. The van der Waals surface area contributed by atoms with Crippen LogP contribution in [0.1, 0.15) is 11.5 Å². The molecular formula is C15H14N2O. The van der Waals surface area contributed by atoms with E-state index in [1.165, 1.54) is 5.56 Å². The zero-order valence-corrected chi connectivity index (χ0v) is 10.2. The van der Waals surface area contributed by atoms with E-state index in [9.17, 15) is 0 Å². The first-order valence-electron chi connectivity index (χ1n) is 5.96. The highest BCUT2D eigenvalue weighted by atomic mass is 16.3. The normalized spacial score (nSPS) is 10.7. The van der Waals surface area contributed by atoms with Gasteiger partial charge in [0.05, 0.1) is 6.54 Å². The molecule has 0 radical (unpaired) electrons. The van der Waals surface area contributed by atoms with Crippen molar-refractivity contribution in [2.45, 2.75) is 13.5 Å². The van der Waals surface area contributed by atoms with Gasteiger partial charge in [-0.2, -0.15) is 0 Å². The van der Waals surface area contributed by atoms with Crippen molar-refractivity contribution in [2.24, 2.45) is 0 Å². The largest absolute Gasteiger partial charge is 0.439 e. The van der Waals surface area contributed by atoms with Crippen molar-refractivity contribution in [1.29, 1.82) is 0 Å². The first kappa shape index (κ1) is 10.8. The maximum atomic E-state index is 5.67. The molecule has 0 saturated heterocycles. The molecule has 3 heteroatoms. The molecule has 2 aromatic carbocycles. The van der Waals surface area contributed by atoms with E-state index in [0.717, 1.165) is 16.8 Å². The number of fused-ring (bicyclic) bond motifs is 1. The molecular weight excluding hydrogens is 224 g/mol. The van der Waals surface area contributed by atoms with Gasteiger partial charge in [0, 0.05) is 5.69 Å². The topological polar surface area (TPSA) is 38.1 Å². The van der Waals surface area contributed by atoms with Crippen molar-refractivity contribution >= 4 is 16.8 Å². The van der Waals surface area contributed by atoms with Crippen LogP contribution in [0, 0.1) is 6.92 Å². The number of nitrogens with one attached hydrogen (secondary N) is 1. The number of aromatic nitrogens is 1. The van der Waals surface area contributed by atoms with Gasteiger partial charge < -0.3 is 9.73 Å². The van der Waals surface area contributed by atoms with Crippen molar-refractivity contribution in [1.82, 2.24) is 4.98 Å². The first-order chi connectivity index (χ1) is 8.81. The third kappa shape index (κ3) is 2.20. The van der Waals surface area contributed by atoms with E-state index in [4.69, 9.17) is 4.42 Å². The summed E-state index contributed by atoms with van der Waals surface area (Å²) in [4.78, 5) is 4.46. The number of hydrogen-bond acceptors (Lipinski definition) is 3. The minimum absolute atomic E-state index is 0.595. The van der Waals surface area contributed by atoms with Crippen LogP contribution >= 0.6 is 0 Å². The molecule has 90 valence electrons. The summed E-state index contributed by atoms with van der Waals surface area (Å²) in [5, 5.41) is 3.28. The molecule has 18 heavy (non-hydrogen) atoms. The number of nitrogens with zero attached hydrogens (tertiary/aromatic N) is 1. The molecule has 1 aromatic heterocycles.